The van der Waals surface area contributed by atoms with Crippen molar-refractivity contribution in [3.8, 4) is 0 Å². The van der Waals surface area contributed by atoms with Gasteiger partial charge in [-0.25, -0.2) is 0 Å². The Morgan fingerprint density at radius 1 is 1.35 bits per heavy atom. The number of methoxy groups -OCH3 is 1. The predicted octanol–water partition coefficient (Wildman–Crippen LogP) is 1.35. The Balaban J connectivity index is 2.16. The van der Waals surface area contributed by atoms with Gasteiger partial charge in [0.25, 0.3) is 0 Å². The van der Waals surface area contributed by atoms with Crippen LogP contribution in [0.15, 0.2) is 30.3 Å². The fourth-order valence-electron chi connectivity index (χ4n) is 1.44. The Morgan fingerprint density at radius 3 is 2.71 bits per heavy atom. The maximum Gasteiger partial charge on any atom is 0.246 e. The fourth-order valence-corrected chi connectivity index (χ4v) is 1.44. The second-order valence-corrected chi connectivity index (χ2v) is 3.90. The van der Waals surface area contributed by atoms with E-state index in [4.69, 9.17) is 9.47 Å². The summed E-state index contributed by atoms with van der Waals surface area (Å²) in [7, 11) is 1.61. The van der Waals surface area contributed by atoms with Crippen LogP contribution in [0.4, 0.5) is 0 Å². The number of hydrogen-bond donors (Lipinski definition) is 1. The molecule has 17 heavy (non-hydrogen) atoms. The first kappa shape index (κ1) is 13.7. The van der Waals surface area contributed by atoms with Crippen LogP contribution < -0.4 is 5.32 Å². The molecule has 0 heterocycles. The fraction of sp³-hybridized carbons (Fsp3) is 0.462. The van der Waals surface area contributed by atoms with E-state index >= 15 is 0 Å². The van der Waals surface area contributed by atoms with Crippen LogP contribution in [-0.2, 0) is 20.9 Å². The maximum absolute atomic E-state index is 11.4. The molecule has 0 spiro atoms. The van der Waals surface area contributed by atoms with Gasteiger partial charge in [0.2, 0.25) is 5.91 Å². The summed E-state index contributed by atoms with van der Waals surface area (Å²) >= 11 is 0. The van der Waals surface area contributed by atoms with Crippen molar-refractivity contribution in [2.75, 3.05) is 20.3 Å². The molecule has 1 aromatic rings. The smallest absolute Gasteiger partial charge is 0.246 e. The number of amides is 1. The number of ether oxygens (including phenoxy) is 2. The average molecular weight is 237 g/mol. The third-order valence-electron chi connectivity index (χ3n) is 2.17. The van der Waals surface area contributed by atoms with Gasteiger partial charge in [0, 0.05) is 13.2 Å². The minimum atomic E-state index is -0.120. The lowest BCUT2D eigenvalue weighted by atomic mass is 10.2. The molecule has 0 saturated heterocycles. The van der Waals surface area contributed by atoms with E-state index in [0.717, 1.165) is 5.56 Å². The van der Waals surface area contributed by atoms with Crippen molar-refractivity contribution >= 4 is 5.91 Å². The molecule has 4 nitrogen and oxygen atoms in total. The summed E-state index contributed by atoms with van der Waals surface area (Å²) in [4.78, 5) is 11.4. The largest absolute Gasteiger partial charge is 0.383 e. The van der Waals surface area contributed by atoms with Crippen LogP contribution in [0.5, 0.6) is 0 Å². The summed E-state index contributed by atoms with van der Waals surface area (Å²) in [6.07, 6.45) is 0. The topological polar surface area (TPSA) is 47.6 Å². The van der Waals surface area contributed by atoms with E-state index in [9.17, 15) is 4.79 Å². The lowest BCUT2D eigenvalue weighted by Gasteiger charge is -2.12. The zero-order valence-corrected chi connectivity index (χ0v) is 10.3. The van der Waals surface area contributed by atoms with Crippen molar-refractivity contribution in [3.63, 3.8) is 0 Å². The summed E-state index contributed by atoms with van der Waals surface area (Å²) in [5.41, 5.74) is 1.06. The van der Waals surface area contributed by atoms with E-state index in [2.05, 4.69) is 5.32 Å². The van der Waals surface area contributed by atoms with Gasteiger partial charge in [0.05, 0.1) is 13.2 Å². The number of nitrogens with one attached hydrogen (secondary N) is 1. The third-order valence-corrected chi connectivity index (χ3v) is 2.17. The zero-order chi connectivity index (χ0) is 12.5. The number of hydrogen-bond acceptors (Lipinski definition) is 3. The van der Waals surface area contributed by atoms with Crippen molar-refractivity contribution in [3.05, 3.63) is 35.9 Å². The number of rotatable bonds is 7. The van der Waals surface area contributed by atoms with Gasteiger partial charge >= 0.3 is 0 Å². The monoisotopic (exact) mass is 237 g/mol. The summed E-state index contributed by atoms with van der Waals surface area (Å²) in [5.74, 6) is -0.120. The van der Waals surface area contributed by atoms with E-state index in [0.29, 0.717) is 13.2 Å². The van der Waals surface area contributed by atoms with Crippen LogP contribution >= 0.6 is 0 Å². The Morgan fingerprint density at radius 2 is 2.06 bits per heavy atom. The van der Waals surface area contributed by atoms with E-state index in [1.54, 1.807) is 7.11 Å². The van der Waals surface area contributed by atoms with Crippen LogP contribution in [0.25, 0.3) is 0 Å². The first-order chi connectivity index (χ1) is 8.22. The van der Waals surface area contributed by atoms with Gasteiger partial charge in [-0.2, -0.15) is 0 Å². The van der Waals surface area contributed by atoms with E-state index in [-0.39, 0.29) is 18.6 Å². The molecule has 94 valence electrons. The number of carbonyl (C=O) groups is 1. The highest BCUT2D eigenvalue weighted by molar-refractivity contribution is 5.77. The van der Waals surface area contributed by atoms with E-state index in [1.165, 1.54) is 0 Å². The first-order valence-electron chi connectivity index (χ1n) is 5.62. The molecular formula is C13H19NO3. The van der Waals surface area contributed by atoms with Crippen molar-refractivity contribution in [1.29, 1.82) is 0 Å². The Labute approximate surface area is 102 Å². The number of carbonyl (C=O) groups excluding carboxylic acids is 1. The van der Waals surface area contributed by atoms with Gasteiger partial charge in [-0.15, -0.1) is 0 Å². The quantitative estimate of drug-likeness (QED) is 0.778. The van der Waals surface area contributed by atoms with Gasteiger partial charge in [-0.1, -0.05) is 30.3 Å². The minimum absolute atomic E-state index is 0.00725. The SMILES string of the molecule is COCC(C)NC(=O)COCc1ccccc1. The summed E-state index contributed by atoms with van der Waals surface area (Å²) in [5, 5.41) is 2.78. The molecular weight excluding hydrogens is 218 g/mol. The van der Waals surface area contributed by atoms with Crippen molar-refractivity contribution in [2.24, 2.45) is 0 Å². The molecule has 0 aliphatic heterocycles. The van der Waals surface area contributed by atoms with Gasteiger partial charge in [0.1, 0.15) is 6.61 Å². The van der Waals surface area contributed by atoms with Crippen LogP contribution in [0.1, 0.15) is 12.5 Å². The molecule has 0 bridgehead atoms. The Kier molecular flexibility index (Phi) is 6.29. The molecule has 1 N–H and O–H groups in total. The molecule has 1 unspecified atom stereocenters. The second kappa shape index (κ2) is 7.81. The molecule has 1 rings (SSSR count). The van der Waals surface area contributed by atoms with Crippen LogP contribution in [0.3, 0.4) is 0 Å². The molecule has 1 amide bonds. The van der Waals surface area contributed by atoms with Crippen molar-refractivity contribution in [1.82, 2.24) is 5.32 Å². The highest BCUT2D eigenvalue weighted by atomic mass is 16.5. The standard InChI is InChI=1S/C13H19NO3/c1-11(8-16-2)14-13(15)10-17-9-12-6-4-3-5-7-12/h3-7,11H,8-10H2,1-2H3,(H,14,15). The summed E-state index contributed by atoms with van der Waals surface area (Å²) in [6.45, 7) is 2.92. The second-order valence-electron chi connectivity index (χ2n) is 3.90. The van der Waals surface area contributed by atoms with Crippen molar-refractivity contribution in [2.45, 2.75) is 19.6 Å². The lowest BCUT2D eigenvalue weighted by molar-refractivity contribution is -0.127. The van der Waals surface area contributed by atoms with Crippen LogP contribution in [0, 0.1) is 0 Å². The third kappa shape index (κ3) is 6.04. The van der Waals surface area contributed by atoms with Crippen molar-refractivity contribution < 1.29 is 14.3 Å². The Hall–Kier alpha value is -1.39. The predicted molar refractivity (Wildman–Crippen MR) is 65.6 cm³/mol. The van der Waals surface area contributed by atoms with E-state index in [1.807, 2.05) is 37.3 Å². The first-order valence-corrected chi connectivity index (χ1v) is 5.62. The molecule has 0 aromatic heterocycles. The van der Waals surface area contributed by atoms with E-state index < -0.39 is 0 Å². The van der Waals surface area contributed by atoms with Gasteiger partial charge < -0.3 is 14.8 Å². The molecule has 1 aromatic carbocycles. The minimum Gasteiger partial charge on any atom is -0.383 e. The van der Waals surface area contributed by atoms with Gasteiger partial charge in [-0.3, -0.25) is 4.79 Å². The van der Waals surface area contributed by atoms with Gasteiger partial charge in [0.15, 0.2) is 0 Å². The average Bonchev–Trinajstić information content (AvgIpc) is 2.30. The highest BCUT2D eigenvalue weighted by Crippen LogP contribution is 1.99. The summed E-state index contributed by atoms with van der Waals surface area (Å²) in [6, 6.07) is 9.77. The molecule has 4 heteroatoms. The molecule has 0 aliphatic carbocycles. The normalized spacial score (nSPS) is 12.1. The van der Waals surface area contributed by atoms with Gasteiger partial charge in [-0.05, 0) is 12.5 Å². The maximum atomic E-state index is 11.4. The summed E-state index contributed by atoms with van der Waals surface area (Å²) < 4.78 is 10.2. The molecule has 0 fully saturated rings. The molecule has 1 atom stereocenters. The zero-order valence-electron chi connectivity index (χ0n) is 10.3. The highest BCUT2D eigenvalue weighted by Gasteiger charge is 2.06. The molecule has 0 aliphatic rings. The molecule has 0 radical (unpaired) electrons. The Bertz CT molecular complexity index is 327. The van der Waals surface area contributed by atoms with Crippen LogP contribution in [-0.4, -0.2) is 32.3 Å². The lowest BCUT2D eigenvalue weighted by Crippen LogP contribution is -2.37. The van der Waals surface area contributed by atoms with Crippen LogP contribution in [0.2, 0.25) is 0 Å². The number of benzene rings is 1. The molecule has 0 saturated carbocycles.